The van der Waals surface area contributed by atoms with Crippen LogP contribution in [0.25, 0.3) is 0 Å². The molecular weight excluding hydrogens is 887 g/mol. The Morgan fingerprint density at radius 2 is 0.722 bits per heavy atom. The van der Waals surface area contributed by atoms with Crippen LogP contribution >= 0.6 is 0 Å². The number of carbonyl (C=O) groups excluding carboxylic acids is 2. The first-order chi connectivity index (χ1) is 35.5. The van der Waals surface area contributed by atoms with Gasteiger partial charge in [-0.05, 0) is 83.5 Å². The van der Waals surface area contributed by atoms with E-state index in [1.165, 1.54) is 257 Å². The molecule has 0 aliphatic heterocycles. The molecular formula is C66H123NO5. The monoisotopic (exact) mass is 1010 g/mol. The average Bonchev–Trinajstić information content (AvgIpc) is 3.38. The molecule has 0 aromatic heterocycles. The number of carbonyl (C=O) groups is 2. The second-order valence-corrected chi connectivity index (χ2v) is 21.7. The van der Waals surface area contributed by atoms with Gasteiger partial charge in [0.15, 0.2) is 0 Å². The minimum atomic E-state index is -0.847. The summed E-state index contributed by atoms with van der Waals surface area (Å²) in [6, 6.07) is -0.631. The van der Waals surface area contributed by atoms with E-state index < -0.39 is 12.1 Å². The normalized spacial score (nSPS) is 12.9. The first-order valence-corrected chi connectivity index (χ1v) is 31.9. The highest BCUT2D eigenvalue weighted by molar-refractivity contribution is 5.76. The quantitative estimate of drug-likeness (QED) is 0.0320. The number of unbranched alkanes of at least 4 members (excludes halogenated alkanes) is 42. The third-order valence-electron chi connectivity index (χ3n) is 14.5. The van der Waals surface area contributed by atoms with Crippen LogP contribution in [0.4, 0.5) is 0 Å². The molecule has 0 heterocycles. The van der Waals surface area contributed by atoms with Crippen molar-refractivity contribution in [3.05, 3.63) is 48.6 Å². The van der Waals surface area contributed by atoms with Crippen molar-refractivity contribution < 1.29 is 24.5 Å². The molecule has 0 spiro atoms. The molecule has 6 heteroatoms. The van der Waals surface area contributed by atoms with Gasteiger partial charge < -0.3 is 20.3 Å². The van der Waals surface area contributed by atoms with Crippen LogP contribution in [0.1, 0.15) is 335 Å². The zero-order valence-electron chi connectivity index (χ0n) is 48.2. The van der Waals surface area contributed by atoms with E-state index in [9.17, 15) is 19.8 Å². The molecule has 0 aromatic rings. The minimum Gasteiger partial charge on any atom is -0.466 e. The van der Waals surface area contributed by atoms with Gasteiger partial charge in [0.05, 0.1) is 25.4 Å². The summed E-state index contributed by atoms with van der Waals surface area (Å²) in [6.45, 7) is 4.85. The van der Waals surface area contributed by atoms with Crippen molar-refractivity contribution >= 4 is 11.9 Å². The van der Waals surface area contributed by atoms with Gasteiger partial charge >= 0.3 is 5.97 Å². The molecule has 0 saturated heterocycles. The molecule has 0 rings (SSSR count). The number of hydrogen-bond acceptors (Lipinski definition) is 5. The lowest BCUT2D eigenvalue weighted by Crippen LogP contribution is -2.45. The van der Waals surface area contributed by atoms with E-state index in [-0.39, 0.29) is 18.5 Å². The standard InChI is InChI=1S/C66H123NO5/c1-3-5-7-9-11-13-15-17-18-28-31-35-38-42-46-50-54-58-64(69)63(62-68)67-65(70)59-55-51-47-43-39-36-32-29-26-24-22-20-19-21-23-25-27-30-33-37-41-45-49-53-57-61-72-66(71)60-56-52-48-44-40-34-16-14-12-10-8-6-4-2/h8,10,14,16,20,22,54,58,63-64,68-69H,3-7,9,11-13,15,17-19,21,23-53,55-57,59-62H2,1-2H3,(H,67,70)/b10-8-,16-14-,22-20-,58-54+. The SMILES string of the molecule is CCC/C=C\C/C=C\CCCCCCCC(=O)OCCCCCCCCCCCCCC/C=C\CCCCCCCCCCCC(=O)NC(CO)C(O)/C=C/CCCCCCCCCCCCCCCCC. The predicted octanol–water partition coefficient (Wildman–Crippen LogP) is 20.1. The summed E-state index contributed by atoms with van der Waals surface area (Å²) in [6.07, 6.45) is 78.7. The molecule has 0 aliphatic carbocycles. The number of rotatable bonds is 59. The largest absolute Gasteiger partial charge is 0.466 e. The van der Waals surface area contributed by atoms with Crippen molar-refractivity contribution in [2.24, 2.45) is 0 Å². The lowest BCUT2D eigenvalue weighted by Gasteiger charge is -2.20. The smallest absolute Gasteiger partial charge is 0.305 e. The third kappa shape index (κ3) is 57.1. The van der Waals surface area contributed by atoms with E-state index >= 15 is 0 Å². The summed E-state index contributed by atoms with van der Waals surface area (Å²) in [5.41, 5.74) is 0. The zero-order valence-corrected chi connectivity index (χ0v) is 48.2. The Kier molecular flexibility index (Phi) is 59.5. The molecule has 0 aromatic carbocycles. The Hall–Kier alpha value is -2.18. The van der Waals surface area contributed by atoms with Crippen LogP contribution in [0.2, 0.25) is 0 Å². The number of aliphatic hydroxyl groups excluding tert-OH is 2. The molecule has 0 aliphatic rings. The fourth-order valence-electron chi connectivity index (χ4n) is 9.67. The average molecular weight is 1010 g/mol. The van der Waals surface area contributed by atoms with Crippen molar-refractivity contribution in [3.63, 3.8) is 0 Å². The third-order valence-corrected chi connectivity index (χ3v) is 14.5. The molecule has 0 radical (unpaired) electrons. The Labute approximate surface area is 448 Å². The van der Waals surface area contributed by atoms with E-state index in [0.29, 0.717) is 19.4 Å². The summed E-state index contributed by atoms with van der Waals surface area (Å²) >= 11 is 0. The van der Waals surface area contributed by atoms with Gasteiger partial charge in [-0.3, -0.25) is 9.59 Å². The maximum Gasteiger partial charge on any atom is 0.305 e. The highest BCUT2D eigenvalue weighted by Crippen LogP contribution is 2.17. The van der Waals surface area contributed by atoms with Gasteiger partial charge in [0, 0.05) is 12.8 Å². The lowest BCUT2D eigenvalue weighted by atomic mass is 10.0. The minimum absolute atomic E-state index is 0.00262. The molecule has 3 N–H and O–H groups in total. The summed E-state index contributed by atoms with van der Waals surface area (Å²) in [5.74, 6) is -0.0723. The van der Waals surface area contributed by atoms with Crippen LogP contribution in [0.5, 0.6) is 0 Å². The van der Waals surface area contributed by atoms with Crippen LogP contribution in [-0.2, 0) is 14.3 Å². The maximum atomic E-state index is 12.5. The fourth-order valence-corrected chi connectivity index (χ4v) is 9.67. The lowest BCUT2D eigenvalue weighted by molar-refractivity contribution is -0.143. The van der Waals surface area contributed by atoms with Gasteiger partial charge in [0.2, 0.25) is 5.91 Å². The summed E-state index contributed by atoms with van der Waals surface area (Å²) in [4.78, 5) is 24.5. The van der Waals surface area contributed by atoms with E-state index in [2.05, 4.69) is 55.6 Å². The molecule has 0 fully saturated rings. The Morgan fingerprint density at radius 3 is 1.12 bits per heavy atom. The molecule has 0 saturated carbocycles. The van der Waals surface area contributed by atoms with E-state index in [1.807, 2.05) is 6.08 Å². The molecule has 72 heavy (non-hydrogen) atoms. The fraction of sp³-hybridized carbons (Fsp3) is 0.848. The summed E-state index contributed by atoms with van der Waals surface area (Å²) in [7, 11) is 0. The Morgan fingerprint density at radius 1 is 0.389 bits per heavy atom. The molecule has 1 amide bonds. The molecule has 2 atom stereocenters. The number of hydrogen-bond donors (Lipinski definition) is 3. The Bertz CT molecular complexity index is 1210. The van der Waals surface area contributed by atoms with Crippen LogP contribution in [0, 0.1) is 0 Å². The van der Waals surface area contributed by atoms with Crippen molar-refractivity contribution in [2.75, 3.05) is 13.2 Å². The number of nitrogens with one attached hydrogen (secondary N) is 1. The Balaban J connectivity index is 3.43. The number of allylic oxidation sites excluding steroid dienone is 7. The summed E-state index contributed by atoms with van der Waals surface area (Å²) < 4.78 is 5.47. The number of amides is 1. The van der Waals surface area contributed by atoms with Crippen molar-refractivity contribution in [1.29, 1.82) is 0 Å². The van der Waals surface area contributed by atoms with Crippen molar-refractivity contribution in [2.45, 2.75) is 347 Å². The van der Waals surface area contributed by atoms with Gasteiger partial charge in [-0.2, -0.15) is 0 Å². The van der Waals surface area contributed by atoms with Gasteiger partial charge in [0.1, 0.15) is 0 Å². The first kappa shape index (κ1) is 69.8. The van der Waals surface area contributed by atoms with Gasteiger partial charge in [-0.1, -0.05) is 287 Å². The first-order valence-electron chi connectivity index (χ1n) is 31.9. The molecule has 2 unspecified atom stereocenters. The molecule has 0 bridgehead atoms. The number of esters is 1. The van der Waals surface area contributed by atoms with Gasteiger partial charge in [0.25, 0.3) is 0 Å². The van der Waals surface area contributed by atoms with E-state index in [4.69, 9.17) is 4.74 Å². The van der Waals surface area contributed by atoms with Crippen molar-refractivity contribution in [3.8, 4) is 0 Å². The van der Waals surface area contributed by atoms with E-state index in [0.717, 1.165) is 51.4 Å². The second kappa shape index (κ2) is 61.4. The van der Waals surface area contributed by atoms with Crippen molar-refractivity contribution in [1.82, 2.24) is 5.32 Å². The zero-order chi connectivity index (χ0) is 52.2. The second-order valence-electron chi connectivity index (χ2n) is 21.7. The van der Waals surface area contributed by atoms with Crippen LogP contribution in [-0.4, -0.2) is 47.4 Å². The maximum absolute atomic E-state index is 12.5. The topological polar surface area (TPSA) is 95.9 Å². The predicted molar refractivity (Wildman–Crippen MR) is 315 cm³/mol. The van der Waals surface area contributed by atoms with Crippen LogP contribution < -0.4 is 5.32 Å². The van der Waals surface area contributed by atoms with Crippen LogP contribution in [0.3, 0.4) is 0 Å². The number of aliphatic hydroxyl groups is 2. The molecule has 6 nitrogen and oxygen atoms in total. The number of ether oxygens (including phenoxy) is 1. The van der Waals surface area contributed by atoms with Crippen LogP contribution in [0.15, 0.2) is 48.6 Å². The van der Waals surface area contributed by atoms with Gasteiger partial charge in [-0.15, -0.1) is 0 Å². The van der Waals surface area contributed by atoms with E-state index in [1.54, 1.807) is 6.08 Å². The highest BCUT2D eigenvalue weighted by Gasteiger charge is 2.18. The van der Waals surface area contributed by atoms with Gasteiger partial charge in [-0.25, -0.2) is 0 Å². The molecule has 422 valence electrons. The highest BCUT2D eigenvalue weighted by atomic mass is 16.5. The summed E-state index contributed by atoms with van der Waals surface area (Å²) in [5, 5.41) is 23.2.